The Kier molecular flexibility index (Phi) is 2.72. The van der Waals surface area contributed by atoms with Crippen LogP contribution in [0.1, 0.15) is 11.3 Å². The summed E-state index contributed by atoms with van der Waals surface area (Å²) in [5, 5.41) is 7.39. The Morgan fingerprint density at radius 2 is 2.22 bits per heavy atom. The Hall–Kier alpha value is -1.94. The third-order valence-corrected chi connectivity index (χ3v) is 3.19. The first-order valence-electron chi connectivity index (χ1n) is 5.61. The molecule has 0 atom stereocenters. The molecule has 0 aliphatic carbocycles. The summed E-state index contributed by atoms with van der Waals surface area (Å²) in [5.41, 5.74) is 3.94. The quantitative estimate of drug-likeness (QED) is 0.845. The summed E-state index contributed by atoms with van der Waals surface area (Å²) in [7, 11) is 1.66. The van der Waals surface area contributed by atoms with Crippen molar-refractivity contribution in [1.82, 2.24) is 14.6 Å². The lowest BCUT2D eigenvalue weighted by Crippen LogP contribution is -2.08. The van der Waals surface area contributed by atoms with Gasteiger partial charge < -0.3 is 4.74 Å². The van der Waals surface area contributed by atoms with Crippen LogP contribution in [0.4, 0.5) is 0 Å². The molecular formula is C13H12ClN3O. The predicted octanol–water partition coefficient (Wildman–Crippen LogP) is 3.03. The molecule has 1 aliphatic rings. The molecule has 0 unspecified atom stereocenters. The van der Waals surface area contributed by atoms with Gasteiger partial charge in [-0.3, -0.25) is 9.52 Å². The lowest BCUT2D eigenvalue weighted by Gasteiger charge is -2.15. The Morgan fingerprint density at radius 3 is 3.06 bits per heavy atom. The normalized spacial score (nSPS) is 13.6. The van der Waals surface area contributed by atoms with Crippen LogP contribution < -0.4 is 4.74 Å². The molecule has 5 heteroatoms. The second kappa shape index (κ2) is 4.38. The third-order valence-electron chi connectivity index (χ3n) is 2.96. The second-order valence-electron chi connectivity index (χ2n) is 4.04. The maximum atomic E-state index is 5.93. The maximum Gasteiger partial charge on any atom is 0.128 e. The summed E-state index contributed by atoms with van der Waals surface area (Å²) in [4.78, 5) is 0. The van der Waals surface area contributed by atoms with Gasteiger partial charge in [0.15, 0.2) is 0 Å². The molecule has 4 nitrogen and oxygen atoms in total. The first-order valence-corrected chi connectivity index (χ1v) is 5.94. The van der Waals surface area contributed by atoms with Gasteiger partial charge in [-0.25, -0.2) is 0 Å². The molecule has 0 amide bonds. The number of para-hydroxylation sites is 1. The number of methoxy groups -OCH3 is 1. The smallest absolute Gasteiger partial charge is 0.128 e. The van der Waals surface area contributed by atoms with E-state index in [4.69, 9.17) is 16.5 Å². The lowest BCUT2D eigenvalue weighted by atomic mass is 10.0. The highest BCUT2D eigenvalue weighted by atomic mass is 35.5. The van der Waals surface area contributed by atoms with Crippen LogP contribution in [0.5, 0.6) is 5.75 Å². The van der Waals surface area contributed by atoms with E-state index < -0.39 is 0 Å². The van der Waals surface area contributed by atoms with Crippen LogP contribution in [0.2, 0.25) is 0 Å². The van der Waals surface area contributed by atoms with Gasteiger partial charge in [0.2, 0.25) is 0 Å². The van der Waals surface area contributed by atoms with Crippen molar-refractivity contribution in [2.45, 2.75) is 6.54 Å². The molecule has 1 aliphatic heterocycles. The Morgan fingerprint density at radius 1 is 1.39 bits per heavy atom. The standard InChI is InChI=1S/C13H12ClN3O/c1-18-12-5-3-2-4-10(12)13-9-6-7-17(14)8-11(9)15-16-13/h2-7H,8H2,1H3,(H,15,16). The van der Waals surface area contributed by atoms with E-state index in [9.17, 15) is 0 Å². The fraction of sp³-hybridized carbons (Fsp3) is 0.154. The van der Waals surface area contributed by atoms with Crippen molar-refractivity contribution >= 4 is 17.9 Å². The van der Waals surface area contributed by atoms with Crippen LogP contribution >= 0.6 is 11.8 Å². The van der Waals surface area contributed by atoms with Crippen LogP contribution in [0.15, 0.2) is 30.5 Å². The molecule has 0 fully saturated rings. The number of nitrogens with one attached hydrogen (secondary N) is 1. The molecule has 0 radical (unpaired) electrons. The zero-order valence-corrected chi connectivity index (χ0v) is 10.6. The van der Waals surface area contributed by atoms with E-state index in [1.807, 2.05) is 36.5 Å². The molecular weight excluding hydrogens is 250 g/mol. The largest absolute Gasteiger partial charge is 0.496 e. The third kappa shape index (κ3) is 1.75. The van der Waals surface area contributed by atoms with Gasteiger partial charge in [-0.2, -0.15) is 5.10 Å². The summed E-state index contributed by atoms with van der Waals surface area (Å²) < 4.78 is 6.96. The zero-order chi connectivity index (χ0) is 12.5. The molecule has 18 heavy (non-hydrogen) atoms. The SMILES string of the molecule is COc1ccccc1-c1n[nH]c2c1C=CN(Cl)C2. The van der Waals surface area contributed by atoms with Gasteiger partial charge >= 0.3 is 0 Å². The summed E-state index contributed by atoms with van der Waals surface area (Å²) in [5.74, 6) is 0.813. The van der Waals surface area contributed by atoms with E-state index in [1.54, 1.807) is 11.5 Å². The number of nitrogens with zero attached hydrogens (tertiary/aromatic N) is 2. The minimum absolute atomic E-state index is 0.621. The van der Waals surface area contributed by atoms with Crippen LogP contribution in [0.3, 0.4) is 0 Å². The molecule has 0 spiro atoms. The zero-order valence-electron chi connectivity index (χ0n) is 9.85. The van der Waals surface area contributed by atoms with Crippen LogP contribution in [0, 0.1) is 0 Å². The van der Waals surface area contributed by atoms with Crippen molar-refractivity contribution in [2.75, 3.05) is 7.11 Å². The van der Waals surface area contributed by atoms with Crippen molar-refractivity contribution in [3.63, 3.8) is 0 Å². The molecule has 3 rings (SSSR count). The number of aromatic amines is 1. The highest BCUT2D eigenvalue weighted by molar-refractivity contribution is 6.14. The van der Waals surface area contributed by atoms with Crippen molar-refractivity contribution in [3.8, 4) is 17.0 Å². The average molecular weight is 262 g/mol. The number of aromatic nitrogens is 2. The Labute approximate surface area is 110 Å². The molecule has 2 heterocycles. The van der Waals surface area contributed by atoms with E-state index in [-0.39, 0.29) is 0 Å². The summed E-state index contributed by atoms with van der Waals surface area (Å²) >= 11 is 5.93. The molecule has 1 aromatic heterocycles. The number of rotatable bonds is 2. The molecule has 2 aromatic rings. The number of benzene rings is 1. The maximum absolute atomic E-state index is 5.93. The fourth-order valence-corrected chi connectivity index (χ4v) is 2.27. The van der Waals surface area contributed by atoms with Gasteiger partial charge in [-0.05, 0) is 18.2 Å². The molecule has 0 bridgehead atoms. The molecule has 0 saturated carbocycles. The highest BCUT2D eigenvalue weighted by Gasteiger charge is 2.19. The number of hydrogen-bond donors (Lipinski definition) is 1. The minimum Gasteiger partial charge on any atom is -0.496 e. The summed E-state index contributed by atoms with van der Waals surface area (Å²) in [6.07, 6.45) is 3.79. The minimum atomic E-state index is 0.621. The van der Waals surface area contributed by atoms with Crippen molar-refractivity contribution in [2.24, 2.45) is 0 Å². The topological polar surface area (TPSA) is 41.1 Å². The summed E-state index contributed by atoms with van der Waals surface area (Å²) in [6, 6.07) is 7.84. The number of ether oxygens (including phenoxy) is 1. The van der Waals surface area contributed by atoms with Gasteiger partial charge in [0.25, 0.3) is 0 Å². The Balaban J connectivity index is 2.13. The fourth-order valence-electron chi connectivity index (χ4n) is 2.09. The molecule has 92 valence electrons. The van der Waals surface area contributed by atoms with Crippen LogP contribution in [0.25, 0.3) is 17.3 Å². The highest BCUT2D eigenvalue weighted by Crippen LogP contribution is 2.34. The average Bonchev–Trinajstić information content (AvgIpc) is 2.81. The van der Waals surface area contributed by atoms with E-state index in [0.717, 1.165) is 28.3 Å². The van der Waals surface area contributed by atoms with Crippen molar-refractivity contribution < 1.29 is 4.74 Å². The molecule has 1 aromatic carbocycles. The predicted molar refractivity (Wildman–Crippen MR) is 71.0 cm³/mol. The van der Waals surface area contributed by atoms with Crippen molar-refractivity contribution in [1.29, 1.82) is 0 Å². The summed E-state index contributed by atoms with van der Waals surface area (Å²) in [6.45, 7) is 0.621. The molecule has 0 saturated heterocycles. The van der Waals surface area contributed by atoms with E-state index in [0.29, 0.717) is 6.54 Å². The van der Waals surface area contributed by atoms with E-state index in [1.165, 1.54) is 0 Å². The van der Waals surface area contributed by atoms with Gasteiger partial charge in [0.1, 0.15) is 11.4 Å². The number of hydrogen-bond acceptors (Lipinski definition) is 3. The second-order valence-corrected chi connectivity index (χ2v) is 4.47. The number of halogens is 1. The Bertz CT molecular complexity index is 606. The molecule has 1 N–H and O–H groups in total. The van der Waals surface area contributed by atoms with Crippen LogP contribution in [-0.2, 0) is 6.54 Å². The first-order chi connectivity index (χ1) is 8.79. The van der Waals surface area contributed by atoms with E-state index in [2.05, 4.69) is 10.2 Å². The lowest BCUT2D eigenvalue weighted by molar-refractivity contribution is 0.416. The first kappa shape index (κ1) is 11.2. The van der Waals surface area contributed by atoms with Crippen molar-refractivity contribution in [3.05, 3.63) is 41.7 Å². The van der Waals surface area contributed by atoms with Gasteiger partial charge in [-0.1, -0.05) is 12.1 Å². The van der Waals surface area contributed by atoms with Crippen LogP contribution in [-0.4, -0.2) is 21.7 Å². The number of H-pyrrole nitrogens is 1. The van der Waals surface area contributed by atoms with E-state index >= 15 is 0 Å². The van der Waals surface area contributed by atoms with Gasteiger partial charge in [0, 0.05) is 29.1 Å². The van der Waals surface area contributed by atoms with Gasteiger partial charge in [0.05, 0.1) is 19.3 Å². The number of fused-ring (bicyclic) bond motifs is 1. The van der Waals surface area contributed by atoms with Gasteiger partial charge in [-0.15, -0.1) is 0 Å². The monoisotopic (exact) mass is 261 g/mol.